The van der Waals surface area contributed by atoms with Gasteiger partial charge in [-0.15, -0.1) is 4.91 Å². The smallest absolute Gasteiger partial charge is 0.409 e. The Balaban J connectivity index is 2.38. The van der Waals surface area contributed by atoms with Gasteiger partial charge in [-0.25, -0.2) is 9.80 Å². The number of rotatable bonds is 2. The predicted molar refractivity (Wildman–Crippen MR) is 46.6 cm³/mol. The molecular weight excluding hydrogens is 192 g/mol. The lowest BCUT2D eigenvalue weighted by Crippen LogP contribution is -2.52. The fraction of sp³-hybridized carbons (Fsp3) is 0.833. The van der Waals surface area contributed by atoms with Gasteiger partial charge in [-0.2, -0.15) is 0 Å². The van der Waals surface area contributed by atoms with Crippen LogP contribution < -0.4 is 0 Å². The number of nitroso groups, excluding NO2 is 1. The van der Waals surface area contributed by atoms with E-state index in [9.17, 15) is 14.9 Å². The van der Waals surface area contributed by atoms with Crippen molar-refractivity contribution in [2.45, 2.75) is 0 Å². The van der Waals surface area contributed by atoms with Gasteiger partial charge in [0.15, 0.2) is 0 Å². The highest BCUT2D eigenvalue weighted by Gasteiger charge is 2.22. The Morgan fingerprint density at radius 3 is 2.43 bits per heavy atom. The highest BCUT2D eigenvalue weighted by atomic mass is 16.6. The molecule has 0 aromatic rings. The Kier molecular flexibility index (Phi) is 3.60. The number of carbonyl (C=O) groups excluding carboxylic acids is 1. The summed E-state index contributed by atoms with van der Waals surface area (Å²) < 4.78 is 4.50. The van der Waals surface area contributed by atoms with Crippen molar-refractivity contribution in [1.82, 2.24) is 15.2 Å². The second kappa shape index (κ2) is 4.72. The van der Waals surface area contributed by atoms with E-state index in [1.807, 2.05) is 0 Å². The third-order valence-corrected chi connectivity index (χ3v) is 2.00. The van der Waals surface area contributed by atoms with Crippen LogP contribution in [0.25, 0.3) is 0 Å². The highest BCUT2D eigenvalue weighted by molar-refractivity contribution is 5.67. The molecule has 0 aliphatic carbocycles. The number of nitrogens with zero attached hydrogens (tertiary/aromatic N) is 4. The number of piperazine rings is 1. The lowest BCUT2D eigenvalue weighted by atomic mass is 10.4. The van der Waals surface area contributed by atoms with E-state index in [0.29, 0.717) is 13.1 Å². The van der Waals surface area contributed by atoms with Gasteiger partial charge in [0.25, 0.3) is 0 Å². The summed E-state index contributed by atoms with van der Waals surface area (Å²) in [7, 11) is 1.29. The van der Waals surface area contributed by atoms with Gasteiger partial charge in [-0.3, -0.25) is 5.28 Å². The molecule has 0 saturated carbocycles. The number of methoxy groups -OCH3 is 1. The van der Waals surface area contributed by atoms with Crippen molar-refractivity contribution >= 4 is 6.09 Å². The number of hydrogen-bond donors (Lipinski definition) is 0. The average Bonchev–Trinajstić information content (AvgIpc) is 2.27. The molecule has 1 rings (SSSR count). The van der Waals surface area contributed by atoms with Crippen molar-refractivity contribution in [2.24, 2.45) is 5.29 Å². The zero-order valence-corrected chi connectivity index (χ0v) is 7.75. The number of amides is 1. The second-order valence-corrected chi connectivity index (χ2v) is 2.75. The normalized spacial score (nSPS) is 17.7. The monoisotopic (exact) mass is 203 g/mol. The van der Waals surface area contributed by atoms with E-state index in [4.69, 9.17) is 0 Å². The Morgan fingerprint density at radius 2 is 2.00 bits per heavy atom. The third kappa shape index (κ3) is 2.30. The predicted octanol–water partition coefficient (Wildman–Crippen LogP) is -0.233. The molecule has 1 fully saturated rings. The summed E-state index contributed by atoms with van der Waals surface area (Å²) in [5.74, 6) is 0. The summed E-state index contributed by atoms with van der Waals surface area (Å²) in [6.45, 7) is 1.26. The molecule has 80 valence electrons. The summed E-state index contributed by atoms with van der Waals surface area (Å²) in [6, 6.07) is 0. The van der Waals surface area contributed by atoms with Crippen LogP contribution in [-0.2, 0) is 4.74 Å². The molecule has 14 heavy (non-hydrogen) atoms. The SMILES string of the molecule is COC(=O)N1CCN(N([O-])N=O)CC1. The largest absolute Gasteiger partial charge is 0.724 e. The van der Waals surface area contributed by atoms with Gasteiger partial charge in [0.1, 0.15) is 0 Å². The molecule has 1 aliphatic rings. The lowest BCUT2D eigenvalue weighted by Gasteiger charge is -2.39. The van der Waals surface area contributed by atoms with Crippen LogP contribution in [0.4, 0.5) is 4.79 Å². The Hall–Kier alpha value is -1.41. The van der Waals surface area contributed by atoms with Crippen molar-refractivity contribution in [3.8, 4) is 0 Å². The van der Waals surface area contributed by atoms with Crippen molar-refractivity contribution in [1.29, 1.82) is 0 Å². The van der Waals surface area contributed by atoms with E-state index in [1.54, 1.807) is 0 Å². The molecule has 1 saturated heterocycles. The van der Waals surface area contributed by atoms with Crippen LogP contribution >= 0.6 is 0 Å². The van der Waals surface area contributed by atoms with Crippen LogP contribution in [0.15, 0.2) is 5.29 Å². The van der Waals surface area contributed by atoms with Gasteiger partial charge in [0.2, 0.25) is 0 Å². The van der Waals surface area contributed by atoms with E-state index in [0.717, 1.165) is 0 Å². The first-order valence-electron chi connectivity index (χ1n) is 4.07. The minimum Gasteiger partial charge on any atom is -0.724 e. The number of hydrazine groups is 1. The summed E-state index contributed by atoms with van der Waals surface area (Å²) in [5.41, 5.74) is 0. The quantitative estimate of drug-likeness (QED) is 0.454. The molecule has 1 aliphatic heterocycles. The first kappa shape index (κ1) is 10.7. The summed E-state index contributed by atoms with van der Waals surface area (Å²) in [4.78, 5) is 22.4. The molecule has 8 nitrogen and oxygen atoms in total. The molecular formula is C6H11N4O4-. The number of carbonyl (C=O) groups is 1. The molecule has 0 aromatic heterocycles. The van der Waals surface area contributed by atoms with Gasteiger partial charge in [-0.05, 0) is 0 Å². The van der Waals surface area contributed by atoms with Gasteiger partial charge < -0.3 is 14.8 Å². The zero-order valence-electron chi connectivity index (χ0n) is 7.75. The minimum atomic E-state index is -0.429. The maximum atomic E-state index is 11.0. The van der Waals surface area contributed by atoms with Crippen LogP contribution in [0.3, 0.4) is 0 Å². The molecule has 0 atom stereocenters. The molecule has 8 heteroatoms. The van der Waals surface area contributed by atoms with E-state index >= 15 is 0 Å². The Morgan fingerprint density at radius 1 is 1.43 bits per heavy atom. The Labute approximate surface area is 80.5 Å². The van der Waals surface area contributed by atoms with Crippen LogP contribution in [0, 0.1) is 10.1 Å². The molecule has 0 spiro atoms. The fourth-order valence-electron chi connectivity index (χ4n) is 1.23. The van der Waals surface area contributed by atoms with Crippen molar-refractivity contribution in [3.05, 3.63) is 10.1 Å². The lowest BCUT2D eigenvalue weighted by molar-refractivity contribution is -0.0186. The second-order valence-electron chi connectivity index (χ2n) is 2.75. The van der Waals surface area contributed by atoms with Gasteiger partial charge in [0.05, 0.1) is 12.4 Å². The topological polar surface area (TPSA) is 88.5 Å². The Bertz CT molecular complexity index is 216. The molecule has 0 unspecified atom stereocenters. The van der Waals surface area contributed by atoms with Crippen LogP contribution in [0.2, 0.25) is 0 Å². The maximum Gasteiger partial charge on any atom is 0.409 e. The van der Waals surface area contributed by atoms with Crippen molar-refractivity contribution < 1.29 is 9.53 Å². The van der Waals surface area contributed by atoms with Crippen molar-refractivity contribution in [2.75, 3.05) is 33.3 Å². The van der Waals surface area contributed by atoms with Gasteiger partial charge in [0, 0.05) is 26.2 Å². The maximum absolute atomic E-state index is 11.0. The molecule has 1 heterocycles. The third-order valence-electron chi connectivity index (χ3n) is 2.00. The number of ether oxygens (including phenoxy) is 1. The van der Waals surface area contributed by atoms with Crippen LogP contribution in [0.5, 0.6) is 0 Å². The summed E-state index contributed by atoms with van der Waals surface area (Å²) in [6.07, 6.45) is -0.429. The fourth-order valence-corrected chi connectivity index (χ4v) is 1.23. The van der Waals surface area contributed by atoms with E-state index in [-0.39, 0.29) is 18.4 Å². The number of hydrogen-bond acceptors (Lipinski definition) is 6. The average molecular weight is 203 g/mol. The van der Waals surface area contributed by atoms with Gasteiger partial charge in [-0.1, -0.05) is 0 Å². The molecule has 0 radical (unpaired) electrons. The van der Waals surface area contributed by atoms with E-state index in [1.165, 1.54) is 17.0 Å². The van der Waals surface area contributed by atoms with E-state index in [2.05, 4.69) is 10.0 Å². The first-order chi connectivity index (χ1) is 6.69. The van der Waals surface area contributed by atoms with E-state index < -0.39 is 6.09 Å². The van der Waals surface area contributed by atoms with Crippen molar-refractivity contribution in [3.63, 3.8) is 0 Å². The first-order valence-corrected chi connectivity index (χ1v) is 4.07. The molecule has 0 aromatic carbocycles. The summed E-state index contributed by atoms with van der Waals surface area (Å²) >= 11 is 0. The summed E-state index contributed by atoms with van der Waals surface area (Å²) in [5, 5.41) is 14.2. The van der Waals surface area contributed by atoms with Crippen LogP contribution in [-0.4, -0.2) is 54.6 Å². The zero-order chi connectivity index (χ0) is 10.6. The van der Waals surface area contributed by atoms with Gasteiger partial charge >= 0.3 is 6.09 Å². The minimum absolute atomic E-state index is 0.00534. The molecule has 0 bridgehead atoms. The molecule has 0 N–H and O–H groups in total. The standard InChI is InChI=1S/C6H11N4O4/c1-14-6(11)8-2-4-9(5-3-8)10(13)7-12/h2-5H2,1H3/q-1. The van der Waals surface area contributed by atoms with Crippen LogP contribution in [0.1, 0.15) is 0 Å². The highest BCUT2D eigenvalue weighted by Crippen LogP contribution is 2.05. The molecule has 1 amide bonds.